The lowest BCUT2D eigenvalue weighted by atomic mass is 10.4. The summed E-state index contributed by atoms with van der Waals surface area (Å²) < 4.78 is 0. The summed E-state index contributed by atoms with van der Waals surface area (Å²) in [5.74, 6) is -0.999. The van der Waals surface area contributed by atoms with Gasteiger partial charge in [-0.05, 0) is 23.2 Å². The minimum absolute atomic E-state index is 0.0486. The van der Waals surface area contributed by atoms with Gasteiger partial charge in [0.25, 0.3) is 0 Å². The van der Waals surface area contributed by atoms with Gasteiger partial charge in [-0.25, -0.2) is 9.97 Å². The van der Waals surface area contributed by atoms with Gasteiger partial charge in [0.2, 0.25) is 10.6 Å². The van der Waals surface area contributed by atoms with E-state index in [1.807, 2.05) is 0 Å². The molecule has 0 aliphatic carbocycles. The molecular formula is C5H3Cl2N3O2. The zero-order valence-corrected chi connectivity index (χ0v) is 7.17. The van der Waals surface area contributed by atoms with E-state index >= 15 is 0 Å². The Morgan fingerprint density at radius 1 is 1.25 bits per heavy atom. The number of halogens is 2. The fraction of sp³-hybridized carbons (Fsp3) is 0.200. The lowest BCUT2D eigenvalue weighted by molar-refractivity contribution is -0.136. The first-order chi connectivity index (χ1) is 5.58. The monoisotopic (exact) mass is 207 g/mol. The fourth-order valence-corrected chi connectivity index (χ4v) is 0.977. The molecule has 0 fully saturated rings. The second-order valence-electron chi connectivity index (χ2n) is 1.86. The summed E-state index contributed by atoms with van der Waals surface area (Å²) in [5, 5.41) is 8.15. The van der Waals surface area contributed by atoms with Crippen LogP contribution in [0.3, 0.4) is 0 Å². The minimum Gasteiger partial charge on any atom is -0.481 e. The van der Waals surface area contributed by atoms with Crippen molar-refractivity contribution in [1.29, 1.82) is 0 Å². The number of nitrogens with zero attached hydrogens (tertiary/aromatic N) is 3. The number of rotatable bonds is 2. The molecule has 0 bridgehead atoms. The van der Waals surface area contributed by atoms with Gasteiger partial charge in [0.1, 0.15) is 12.2 Å². The molecule has 0 atom stereocenters. The normalized spacial score (nSPS) is 9.83. The Labute approximate surface area is 77.4 Å². The van der Waals surface area contributed by atoms with Gasteiger partial charge in [-0.2, -0.15) is 4.98 Å². The Bertz CT molecular complexity index is 297. The SMILES string of the molecule is O=C(O)Cc1nc(Cl)nc(Cl)n1. The van der Waals surface area contributed by atoms with Crippen molar-refractivity contribution in [2.45, 2.75) is 6.42 Å². The van der Waals surface area contributed by atoms with Crippen molar-refractivity contribution in [3.8, 4) is 0 Å². The molecule has 1 rings (SSSR count). The molecule has 1 aromatic heterocycles. The third kappa shape index (κ3) is 2.60. The average molecular weight is 208 g/mol. The van der Waals surface area contributed by atoms with Crippen LogP contribution in [-0.2, 0) is 11.2 Å². The number of carboxylic acids is 1. The van der Waals surface area contributed by atoms with Crippen molar-refractivity contribution >= 4 is 29.2 Å². The van der Waals surface area contributed by atoms with Crippen molar-refractivity contribution in [3.05, 3.63) is 16.4 Å². The van der Waals surface area contributed by atoms with E-state index in [0.29, 0.717) is 0 Å². The van der Waals surface area contributed by atoms with Gasteiger partial charge in [-0.3, -0.25) is 4.79 Å². The van der Waals surface area contributed by atoms with Gasteiger partial charge in [-0.15, -0.1) is 0 Å². The fourth-order valence-electron chi connectivity index (χ4n) is 0.578. The molecule has 64 valence electrons. The Kier molecular flexibility index (Phi) is 2.78. The van der Waals surface area contributed by atoms with Crippen LogP contribution in [0.1, 0.15) is 5.82 Å². The number of hydrogen-bond donors (Lipinski definition) is 1. The van der Waals surface area contributed by atoms with E-state index in [1.54, 1.807) is 0 Å². The molecule has 0 spiro atoms. The third-order valence-electron chi connectivity index (χ3n) is 0.936. The quantitative estimate of drug-likeness (QED) is 0.777. The molecule has 0 radical (unpaired) electrons. The van der Waals surface area contributed by atoms with E-state index in [9.17, 15) is 4.79 Å². The maximum absolute atomic E-state index is 10.2. The highest BCUT2D eigenvalue weighted by Crippen LogP contribution is 2.06. The minimum atomic E-state index is -1.05. The molecule has 0 aromatic carbocycles. The number of hydrogen-bond acceptors (Lipinski definition) is 4. The first-order valence-electron chi connectivity index (χ1n) is 2.85. The Morgan fingerprint density at radius 2 is 1.75 bits per heavy atom. The highest BCUT2D eigenvalue weighted by Gasteiger charge is 2.06. The van der Waals surface area contributed by atoms with Crippen LogP contribution in [0.4, 0.5) is 0 Å². The Morgan fingerprint density at radius 3 is 2.17 bits per heavy atom. The summed E-state index contributed by atoms with van der Waals surface area (Å²) in [6.45, 7) is 0. The standard InChI is InChI=1S/C5H3Cl2N3O2/c6-4-8-2(1-3(11)12)9-5(7)10-4/h1H2,(H,11,12). The summed E-state index contributed by atoms with van der Waals surface area (Å²) in [6, 6.07) is 0. The van der Waals surface area contributed by atoms with E-state index < -0.39 is 5.97 Å². The largest absolute Gasteiger partial charge is 0.481 e. The molecule has 1 heterocycles. The van der Waals surface area contributed by atoms with Crippen LogP contribution in [0.25, 0.3) is 0 Å². The van der Waals surface area contributed by atoms with Crippen molar-refractivity contribution in [1.82, 2.24) is 15.0 Å². The molecular weight excluding hydrogens is 205 g/mol. The van der Waals surface area contributed by atoms with E-state index in [2.05, 4.69) is 15.0 Å². The molecule has 1 N–H and O–H groups in total. The number of aliphatic carboxylic acids is 1. The van der Waals surface area contributed by atoms with Gasteiger partial charge >= 0.3 is 5.97 Å². The Balaban J connectivity index is 2.93. The maximum atomic E-state index is 10.2. The molecule has 0 aliphatic rings. The molecule has 0 unspecified atom stereocenters. The van der Waals surface area contributed by atoms with Crippen LogP contribution in [0.2, 0.25) is 10.6 Å². The molecule has 7 heteroatoms. The van der Waals surface area contributed by atoms with E-state index in [1.165, 1.54) is 0 Å². The number of aromatic nitrogens is 3. The van der Waals surface area contributed by atoms with Crippen LogP contribution < -0.4 is 0 Å². The molecule has 0 saturated heterocycles. The van der Waals surface area contributed by atoms with E-state index in [-0.39, 0.29) is 22.8 Å². The smallest absolute Gasteiger partial charge is 0.311 e. The molecule has 12 heavy (non-hydrogen) atoms. The first kappa shape index (κ1) is 9.15. The number of carbonyl (C=O) groups is 1. The summed E-state index contributed by atoms with van der Waals surface area (Å²) in [5.41, 5.74) is 0. The molecule has 0 saturated carbocycles. The molecule has 0 amide bonds. The summed E-state index contributed by atoms with van der Waals surface area (Å²) in [6.07, 6.45) is -0.318. The predicted octanol–water partition coefficient (Wildman–Crippen LogP) is 0.805. The summed E-state index contributed by atoms with van der Waals surface area (Å²) in [4.78, 5) is 20.8. The predicted molar refractivity (Wildman–Crippen MR) is 41.2 cm³/mol. The van der Waals surface area contributed by atoms with Crippen molar-refractivity contribution in [2.75, 3.05) is 0 Å². The van der Waals surface area contributed by atoms with Crippen molar-refractivity contribution in [3.63, 3.8) is 0 Å². The van der Waals surface area contributed by atoms with Gasteiger partial charge in [-0.1, -0.05) is 0 Å². The van der Waals surface area contributed by atoms with Crippen molar-refractivity contribution in [2.24, 2.45) is 0 Å². The van der Waals surface area contributed by atoms with Crippen LogP contribution in [0, 0.1) is 0 Å². The lowest BCUT2D eigenvalue weighted by Gasteiger charge is -1.95. The molecule has 5 nitrogen and oxygen atoms in total. The van der Waals surface area contributed by atoms with Gasteiger partial charge in [0.15, 0.2) is 0 Å². The van der Waals surface area contributed by atoms with Crippen molar-refractivity contribution < 1.29 is 9.90 Å². The second-order valence-corrected chi connectivity index (χ2v) is 2.54. The average Bonchev–Trinajstić information content (AvgIpc) is 1.81. The van der Waals surface area contributed by atoms with E-state index in [0.717, 1.165) is 0 Å². The third-order valence-corrected chi connectivity index (χ3v) is 1.27. The summed E-state index contributed by atoms with van der Waals surface area (Å²) >= 11 is 10.8. The maximum Gasteiger partial charge on any atom is 0.311 e. The second kappa shape index (κ2) is 3.64. The zero-order valence-electron chi connectivity index (χ0n) is 5.66. The Hall–Kier alpha value is -0.940. The van der Waals surface area contributed by atoms with Crippen LogP contribution >= 0.6 is 23.2 Å². The highest BCUT2D eigenvalue weighted by atomic mass is 35.5. The van der Waals surface area contributed by atoms with E-state index in [4.69, 9.17) is 28.3 Å². The molecule has 0 aliphatic heterocycles. The zero-order chi connectivity index (χ0) is 9.14. The van der Waals surface area contributed by atoms with Crippen LogP contribution in [0.15, 0.2) is 0 Å². The van der Waals surface area contributed by atoms with Gasteiger partial charge in [0, 0.05) is 0 Å². The van der Waals surface area contributed by atoms with Crippen LogP contribution in [0.5, 0.6) is 0 Å². The molecule has 1 aromatic rings. The summed E-state index contributed by atoms with van der Waals surface area (Å²) in [7, 11) is 0. The lowest BCUT2D eigenvalue weighted by Crippen LogP contribution is -2.06. The first-order valence-corrected chi connectivity index (χ1v) is 3.61. The van der Waals surface area contributed by atoms with Gasteiger partial charge < -0.3 is 5.11 Å². The van der Waals surface area contributed by atoms with Gasteiger partial charge in [0.05, 0.1) is 0 Å². The topological polar surface area (TPSA) is 76.0 Å². The highest BCUT2D eigenvalue weighted by molar-refractivity contribution is 6.31. The van der Waals surface area contributed by atoms with Crippen LogP contribution in [-0.4, -0.2) is 26.0 Å². The number of carboxylic acid groups (broad SMARTS) is 1.